The zero-order valence-corrected chi connectivity index (χ0v) is 14.1. The molecule has 0 aromatic heterocycles. The van der Waals surface area contributed by atoms with Crippen molar-refractivity contribution in [2.24, 2.45) is 0 Å². The van der Waals surface area contributed by atoms with Gasteiger partial charge in [-0.2, -0.15) is 13.2 Å². The van der Waals surface area contributed by atoms with Gasteiger partial charge in [0.2, 0.25) is 0 Å². The maximum atomic E-state index is 12.8. The molecule has 0 unspecified atom stereocenters. The Balaban J connectivity index is 2.19. The van der Waals surface area contributed by atoms with Crippen molar-refractivity contribution in [2.75, 3.05) is 26.0 Å². The van der Waals surface area contributed by atoms with Crippen LogP contribution in [0, 0.1) is 0 Å². The molecule has 0 heterocycles. The number of alkyl halides is 3. The summed E-state index contributed by atoms with van der Waals surface area (Å²) < 4.78 is 43.4. The lowest BCUT2D eigenvalue weighted by molar-refractivity contribution is -0.137. The second-order valence-electron chi connectivity index (χ2n) is 5.61. The van der Waals surface area contributed by atoms with Gasteiger partial charge in [-0.3, -0.25) is 4.79 Å². The van der Waals surface area contributed by atoms with Gasteiger partial charge in [-0.25, -0.2) is 4.79 Å². The first-order valence-electron chi connectivity index (χ1n) is 7.59. The highest BCUT2D eigenvalue weighted by Crippen LogP contribution is 2.31. The number of hydrogen-bond acceptors (Lipinski definition) is 4. The van der Waals surface area contributed by atoms with E-state index in [-0.39, 0.29) is 22.8 Å². The van der Waals surface area contributed by atoms with Gasteiger partial charge < -0.3 is 15.0 Å². The Labute approximate surface area is 148 Å². The van der Waals surface area contributed by atoms with Crippen molar-refractivity contribution in [3.63, 3.8) is 0 Å². The molecular formula is C18H17F3N2O3. The largest absolute Gasteiger partial charge is 0.452 e. The van der Waals surface area contributed by atoms with Crippen LogP contribution in [-0.4, -0.2) is 37.5 Å². The highest BCUT2D eigenvalue weighted by atomic mass is 19.4. The summed E-state index contributed by atoms with van der Waals surface area (Å²) in [6.07, 6.45) is -4.47. The van der Waals surface area contributed by atoms with Crippen LogP contribution < -0.4 is 5.32 Å². The molecule has 0 fully saturated rings. The van der Waals surface area contributed by atoms with Crippen LogP contribution in [0.3, 0.4) is 0 Å². The molecule has 1 N–H and O–H groups in total. The molecule has 0 bridgehead atoms. The van der Waals surface area contributed by atoms with E-state index >= 15 is 0 Å². The Morgan fingerprint density at radius 3 is 2.42 bits per heavy atom. The number of para-hydroxylation sites is 1. The molecule has 2 aromatic rings. The standard InChI is InChI=1S/C18H17F3N2O3/c1-23(2)16(24)11-26-17(25)14-8-3-4-9-15(14)22-13-7-5-6-12(10-13)18(19,20)21/h3-10,22H,11H2,1-2H3. The molecule has 0 spiro atoms. The summed E-state index contributed by atoms with van der Waals surface area (Å²) in [5, 5.41) is 2.78. The maximum Gasteiger partial charge on any atom is 0.416 e. The molecule has 8 heteroatoms. The fourth-order valence-corrected chi connectivity index (χ4v) is 2.03. The normalized spacial score (nSPS) is 11.0. The number of nitrogens with one attached hydrogen (secondary N) is 1. The van der Waals surface area contributed by atoms with Crippen molar-refractivity contribution in [3.05, 3.63) is 59.7 Å². The molecule has 0 radical (unpaired) electrons. The molecule has 138 valence electrons. The first-order chi connectivity index (χ1) is 12.2. The predicted molar refractivity (Wildman–Crippen MR) is 90.1 cm³/mol. The van der Waals surface area contributed by atoms with E-state index in [1.54, 1.807) is 12.1 Å². The monoisotopic (exact) mass is 366 g/mol. The van der Waals surface area contributed by atoms with Crippen LogP contribution in [0.2, 0.25) is 0 Å². The van der Waals surface area contributed by atoms with Crippen molar-refractivity contribution >= 4 is 23.3 Å². The SMILES string of the molecule is CN(C)C(=O)COC(=O)c1ccccc1Nc1cccc(C(F)(F)F)c1. The number of anilines is 2. The van der Waals surface area contributed by atoms with E-state index in [0.29, 0.717) is 0 Å². The molecule has 26 heavy (non-hydrogen) atoms. The highest BCUT2D eigenvalue weighted by molar-refractivity contribution is 5.97. The quantitative estimate of drug-likeness (QED) is 0.820. The van der Waals surface area contributed by atoms with Crippen LogP contribution in [0.5, 0.6) is 0 Å². The lowest BCUT2D eigenvalue weighted by Crippen LogP contribution is -2.27. The van der Waals surface area contributed by atoms with Crippen LogP contribution in [0.4, 0.5) is 24.5 Å². The van der Waals surface area contributed by atoms with Crippen LogP contribution in [0.15, 0.2) is 48.5 Å². The van der Waals surface area contributed by atoms with Crippen LogP contribution in [0.25, 0.3) is 0 Å². The zero-order valence-electron chi connectivity index (χ0n) is 14.1. The van der Waals surface area contributed by atoms with Gasteiger partial charge in [-0.1, -0.05) is 18.2 Å². The van der Waals surface area contributed by atoms with Crippen molar-refractivity contribution in [3.8, 4) is 0 Å². The summed E-state index contributed by atoms with van der Waals surface area (Å²) >= 11 is 0. The minimum atomic E-state index is -4.47. The molecular weight excluding hydrogens is 349 g/mol. The highest BCUT2D eigenvalue weighted by Gasteiger charge is 2.30. The maximum absolute atomic E-state index is 12.8. The van der Waals surface area contributed by atoms with E-state index < -0.39 is 24.3 Å². The zero-order chi connectivity index (χ0) is 19.3. The Hall–Kier alpha value is -3.03. The number of ether oxygens (including phenoxy) is 1. The Morgan fingerprint density at radius 1 is 1.08 bits per heavy atom. The van der Waals surface area contributed by atoms with Crippen molar-refractivity contribution < 1.29 is 27.5 Å². The second-order valence-corrected chi connectivity index (χ2v) is 5.61. The van der Waals surface area contributed by atoms with E-state index in [1.165, 1.54) is 43.3 Å². The summed E-state index contributed by atoms with van der Waals surface area (Å²) in [5.74, 6) is -1.14. The van der Waals surface area contributed by atoms with Crippen molar-refractivity contribution in [2.45, 2.75) is 6.18 Å². The molecule has 0 aliphatic rings. The molecule has 0 saturated heterocycles. The lowest BCUT2D eigenvalue weighted by atomic mass is 10.1. The number of benzene rings is 2. The van der Waals surface area contributed by atoms with Crippen molar-refractivity contribution in [1.82, 2.24) is 4.90 Å². The molecule has 1 amide bonds. The summed E-state index contributed by atoms with van der Waals surface area (Å²) in [6.45, 7) is -0.427. The number of rotatable bonds is 5. The number of nitrogens with zero attached hydrogens (tertiary/aromatic N) is 1. The number of carbonyl (C=O) groups excluding carboxylic acids is 2. The van der Waals surface area contributed by atoms with E-state index in [0.717, 1.165) is 12.1 Å². The van der Waals surface area contributed by atoms with Gasteiger partial charge in [-0.15, -0.1) is 0 Å². The van der Waals surface area contributed by atoms with Gasteiger partial charge in [0, 0.05) is 19.8 Å². The Bertz CT molecular complexity index is 804. The average molecular weight is 366 g/mol. The number of halogens is 3. The summed E-state index contributed by atoms with van der Waals surface area (Å²) in [6, 6.07) is 10.8. The molecule has 2 aromatic carbocycles. The van der Waals surface area contributed by atoms with Gasteiger partial charge >= 0.3 is 12.1 Å². The Morgan fingerprint density at radius 2 is 1.77 bits per heavy atom. The summed E-state index contributed by atoms with van der Waals surface area (Å²) in [7, 11) is 3.05. The van der Waals surface area contributed by atoms with E-state index in [1.807, 2.05) is 0 Å². The summed E-state index contributed by atoms with van der Waals surface area (Å²) in [5.41, 5.74) is -0.255. The van der Waals surface area contributed by atoms with Gasteiger partial charge in [-0.05, 0) is 30.3 Å². The van der Waals surface area contributed by atoms with E-state index in [9.17, 15) is 22.8 Å². The smallest absolute Gasteiger partial charge is 0.416 e. The predicted octanol–water partition coefficient (Wildman–Crippen LogP) is 3.69. The molecule has 0 aliphatic heterocycles. The van der Waals surface area contributed by atoms with Gasteiger partial charge in [0.15, 0.2) is 6.61 Å². The van der Waals surface area contributed by atoms with Crippen LogP contribution in [0.1, 0.15) is 15.9 Å². The third kappa shape index (κ3) is 4.98. The second kappa shape index (κ2) is 7.90. The number of hydrogen-bond donors (Lipinski definition) is 1. The van der Waals surface area contributed by atoms with E-state index in [4.69, 9.17) is 4.74 Å². The minimum Gasteiger partial charge on any atom is -0.452 e. The number of esters is 1. The van der Waals surface area contributed by atoms with Crippen LogP contribution >= 0.6 is 0 Å². The summed E-state index contributed by atoms with van der Waals surface area (Å²) in [4.78, 5) is 25.0. The Kier molecular flexibility index (Phi) is 5.86. The third-order valence-corrected chi connectivity index (χ3v) is 3.44. The van der Waals surface area contributed by atoms with Gasteiger partial charge in [0.25, 0.3) is 5.91 Å². The topological polar surface area (TPSA) is 58.6 Å². The fourth-order valence-electron chi connectivity index (χ4n) is 2.03. The van der Waals surface area contributed by atoms with Gasteiger partial charge in [0.1, 0.15) is 0 Å². The molecule has 0 saturated carbocycles. The molecule has 5 nitrogen and oxygen atoms in total. The third-order valence-electron chi connectivity index (χ3n) is 3.44. The first kappa shape index (κ1) is 19.3. The van der Waals surface area contributed by atoms with Gasteiger partial charge in [0.05, 0.1) is 16.8 Å². The lowest BCUT2D eigenvalue weighted by Gasteiger charge is -2.14. The fraction of sp³-hybridized carbons (Fsp3) is 0.222. The number of likely N-dealkylation sites (N-methyl/N-ethyl adjacent to an activating group) is 1. The van der Waals surface area contributed by atoms with E-state index in [2.05, 4.69) is 5.32 Å². The van der Waals surface area contributed by atoms with Crippen molar-refractivity contribution in [1.29, 1.82) is 0 Å². The van der Waals surface area contributed by atoms with Crippen LogP contribution in [-0.2, 0) is 15.7 Å². The molecule has 2 rings (SSSR count). The molecule has 0 atom stereocenters. The first-order valence-corrected chi connectivity index (χ1v) is 7.59. The number of carbonyl (C=O) groups is 2. The minimum absolute atomic E-state index is 0.108. The molecule has 0 aliphatic carbocycles. The average Bonchev–Trinajstić information content (AvgIpc) is 2.59. The number of amides is 1.